The van der Waals surface area contributed by atoms with E-state index in [0.29, 0.717) is 31.2 Å². The molecule has 0 unspecified atom stereocenters. The van der Waals surface area contributed by atoms with Gasteiger partial charge in [-0.2, -0.15) is 0 Å². The first-order valence-electron chi connectivity index (χ1n) is 15.4. The largest absolute Gasteiger partial charge is 0.469 e. The number of aromatic nitrogens is 2. The van der Waals surface area contributed by atoms with Crippen molar-refractivity contribution in [2.24, 2.45) is 11.8 Å². The van der Waals surface area contributed by atoms with E-state index in [2.05, 4.69) is 60.7 Å². The SMILES string of the molecule is COC(=O)CCCNc1nc2ccc(C(C)(C)C(=O)N(CC(C)C)CC(C)C)cc2n1CCCN1CCCCC1. The number of amides is 1. The van der Waals surface area contributed by atoms with E-state index in [0.717, 1.165) is 55.1 Å². The number of hydrogen-bond acceptors (Lipinski definition) is 6. The number of hydrogen-bond donors (Lipinski definition) is 1. The van der Waals surface area contributed by atoms with Crippen LogP contribution in [0.1, 0.15) is 85.6 Å². The molecule has 8 nitrogen and oxygen atoms in total. The third kappa shape index (κ3) is 8.69. The molecule has 2 heterocycles. The standard InChI is InChI=1S/C32H53N5O3/c1-24(2)22-36(23-25(3)4)30(39)32(5,6)26-14-15-27-28(21-26)37(20-12-19-35-17-9-8-10-18-35)31(34-27)33-16-11-13-29(38)40-7/h14-15,21,24-25H,8-13,16-20,22-23H2,1-7H3,(H,33,34). The zero-order valence-corrected chi connectivity index (χ0v) is 26.1. The zero-order chi connectivity index (χ0) is 29.3. The Balaban J connectivity index is 1.87. The smallest absolute Gasteiger partial charge is 0.305 e. The number of aryl methyl sites for hydroxylation is 1. The molecule has 1 aliphatic rings. The number of piperidine rings is 1. The number of ether oxygens (including phenoxy) is 1. The number of carbonyl (C=O) groups is 2. The number of benzene rings is 1. The van der Waals surface area contributed by atoms with Gasteiger partial charge in [-0.1, -0.05) is 40.2 Å². The average Bonchev–Trinajstić information content (AvgIpc) is 3.26. The maximum absolute atomic E-state index is 13.9. The number of imidazole rings is 1. The second-order valence-electron chi connectivity index (χ2n) is 12.8. The van der Waals surface area contributed by atoms with E-state index in [1.165, 1.54) is 39.5 Å². The van der Waals surface area contributed by atoms with Crippen molar-refractivity contribution < 1.29 is 14.3 Å². The molecule has 0 spiro atoms. The molecule has 1 N–H and O–H groups in total. The molecule has 224 valence electrons. The van der Waals surface area contributed by atoms with Crippen molar-refractivity contribution in [3.8, 4) is 0 Å². The molecule has 0 bridgehead atoms. The molecule has 1 aromatic carbocycles. The van der Waals surface area contributed by atoms with Crippen molar-refractivity contribution in [2.45, 2.75) is 92.0 Å². The van der Waals surface area contributed by atoms with Gasteiger partial charge in [0.15, 0.2) is 0 Å². The van der Waals surface area contributed by atoms with Crippen molar-refractivity contribution in [1.29, 1.82) is 0 Å². The number of rotatable bonds is 15. The van der Waals surface area contributed by atoms with E-state index in [1.807, 2.05) is 18.7 Å². The number of nitrogens with zero attached hydrogens (tertiary/aromatic N) is 4. The lowest BCUT2D eigenvalue weighted by atomic mass is 9.82. The van der Waals surface area contributed by atoms with E-state index in [-0.39, 0.29) is 11.9 Å². The number of anilines is 1. The van der Waals surface area contributed by atoms with Crippen LogP contribution in [0.3, 0.4) is 0 Å². The molecule has 1 aliphatic heterocycles. The van der Waals surface area contributed by atoms with Gasteiger partial charge in [-0.25, -0.2) is 4.98 Å². The van der Waals surface area contributed by atoms with Gasteiger partial charge in [-0.3, -0.25) is 9.59 Å². The van der Waals surface area contributed by atoms with Gasteiger partial charge in [0, 0.05) is 32.6 Å². The molecule has 8 heteroatoms. The second-order valence-corrected chi connectivity index (χ2v) is 12.8. The van der Waals surface area contributed by atoms with Gasteiger partial charge in [-0.05, 0) is 88.7 Å². The minimum absolute atomic E-state index is 0.173. The summed E-state index contributed by atoms with van der Waals surface area (Å²) in [5.74, 6) is 1.62. The third-order valence-electron chi connectivity index (χ3n) is 7.84. The molecule has 0 saturated carbocycles. The number of likely N-dealkylation sites (tertiary alicyclic amines) is 1. The predicted molar refractivity (Wildman–Crippen MR) is 164 cm³/mol. The molecule has 0 atom stereocenters. The van der Waals surface area contributed by atoms with Crippen molar-refractivity contribution in [3.63, 3.8) is 0 Å². The summed E-state index contributed by atoms with van der Waals surface area (Å²) in [5.41, 5.74) is 2.32. The highest BCUT2D eigenvalue weighted by molar-refractivity contribution is 5.89. The minimum Gasteiger partial charge on any atom is -0.469 e. The molecule has 2 aromatic rings. The lowest BCUT2D eigenvalue weighted by molar-refractivity contribution is -0.140. The molecule has 1 aromatic heterocycles. The Kier molecular flexibility index (Phi) is 11.9. The Morgan fingerprint density at radius 3 is 2.33 bits per heavy atom. The summed E-state index contributed by atoms with van der Waals surface area (Å²) >= 11 is 0. The Hall–Kier alpha value is -2.61. The van der Waals surface area contributed by atoms with Crippen molar-refractivity contribution >= 4 is 28.9 Å². The summed E-state index contributed by atoms with van der Waals surface area (Å²) in [5, 5.41) is 3.47. The highest BCUT2D eigenvalue weighted by Crippen LogP contribution is 2.31. The fourth-order valence-corrected chi connectivity index (χ4v) is 5.68. The molecule has 1 saturated heterocycles. The number of nitrogens with one attached hydrogen (secondary N) is 1. The first-order valence-corrected chi connectivity index (χ1v) is 15.4. The van der Waals surface area contributed by atoms with Crippen LogP contribution in [-0.2, 0) is 26.3 Å². The average molecular weight is 556 g/mol. The Morgan fingerprint density at radius 2 is 1.70 bits per heavy atom. The molecule has 1 amide bonds. The summed E-state index contributed by atoms with van der Waals surface area (Å²) in [4.78, 5) is 35.0. The van der Waals surface area contributed by atoms with E-state index in [1.54, 1.807) is 0 Å². The number of methoxy groups -OCH3 is 1. The molecule has 1 fully saturated rings. The monoisotopic (exact) mass is 555 g/mol. The Bertz CT molecular complexity index is 1090. The number of esters is 1. The van der Waals surface area contributed by atoms with Crippen LogP contribution in [0.15, 0.2) is 18.2 Å². The van der Waals surface area contributed by atoms with E-state index >= 15 is 0 Å². The van der Waals surface area contributed by atoms with Crippen molar-refractivity contribution in [1.82, 2.24) is 19.4 Å². The van der Waals surface area contributed by atoms with E-state index in [4.69, 9.17) is 9.72 Å². The molecule has 0 radical (unpaired) electrons. The number of carbonyl (C=O) groups excluding carboxylic acids is 2. The second kappa shape index (κ2) is 14.9. The highest BCUT2D eigenvalue weighted by Gasteiger charge is 2.35. The van der Waals surface area contributed by atoms with Gasteiger partial charge in [0.05, 0.1) is 23.6 Å². The molecular weight excluding hydrogens is 502 g/mol. The minimum atomic E-state index is -0.658. The molecular formula is C32H53N5O3. The maximum Gasteiger partial charge on any atom is 0.305 e. The third-order valence-corrected chi connectivity index (χ3v) is 7.84. The normalized spacial score (nSPS) is 14.7. The summed E-state index contributed by atoms with van der Waals surface area (Å²) < 4.78 is 7.05. The Labute approximate surface area is 241 Å². The molecule has 0 aliphatic carbocycles. The van der Waals surface area contributed by atoms with Gasteiger partial charge >= 0.3 is 5.97 Å². The fraction of sp³-hybridized carbons (Fsp3) is 0.719. The van der Waals surface area contributed by atoms with Gasteiger partial charge in [-0.15, -0.1) is 0 Å². The quantitative estimate of drug-likeness (QED) is 0.224. The van der Waals surface area contributed by atoms with Crippen LogP contribution >= 0.6 is 0 Å². The first-order chi connectivity index (χ1) is 19.0. The van der Waals surface area contributed by atoms with Crippen LogP contribution in [0.4, 0.5) is 5.95 Å². The lowest BCUT2D eigenvalue weighted by Gasteiger charge is -2.34. The van der Waals surface area contributed by atoms with Gasteiger partial charge in [0.2, 0.25) is 11.9 Å². The van der Waals surface area contributed by atoms with Crippen LogP contribution in [0.2, 0.25) is 0 Å². The van der Waals surface area contributed by atoms with Gasteiger partial charge < -0.3 is 24.4 Å². The highest BCUT2D eigenvalue weighted by atomic mass is 16.5. The maximum atomic E-state index is 13.9. The predicted octanol–water partition coefficient (Wildman–Crippen LogP) is 5.70. The zero-order valence-electron chi connectivity index (χ0n) is 26.1. The lowest BCUT2D eigenvalue weighted by Crippen LogP contribution is -2.46. The van der Waals surface area contributed by atoms with Crippen molar-refractivity contribution in [2.75, 3.05) is 51.7 Å². The summed E-state index contributed by atoms with van der Waals surface area (Å²) in [7, 11) is 1.42. The van der Waals surface area contributed by atoms with Crippen LogP contribution < -0.4 is 5.32 Å². The van der Waals surface area contributed by atoms with Gasteiger partial charge in [0.1, 0.15) is 0 Å². The van der Waals surface area contributed by atoms with Crippen LogP contribution in [-0.4, -0.2) is 77.6 Å². The first kappa shape index (κ1) is 31.9. The van der Waals surface area contributed by atoms with Crippen LogP contribution in [0.5, 0.6) is 0 Å². The Morgan fingerprint density at radius 1 is 1.02 bits per heavy atom. The summed E-state index contributed by atoms with van der Waals surface area (Å²) in [6.45, 7) is 19.2. The molecule has 40 heavy (non-hydrogen) atoms. The topological polar surface area (TPSA) is 79.7 Å². The van der Waals surface area contributed by atoms with E-state index in [9.17, 15) is 9.59 Å². The number of fused-ring (bicyclic) bond motifs is 1. The van der Waals surface area contributed by atoms with Crippen molar-refractivity contribution in [3.05, 3.63) is 23.8 Å². The van der Waals surface area contributed by atoms with Crippen LogP contribution in [0.25, 0.3) is 11.0 Å². The molecule has 3 rings (SSSR count). The van der Waals surface area contributed by atoms with Crippen LogP contribution in [0, 0.1) is 11.8 Å². The van der Waals surface area contributed by atoms with E-state index < -0.39 is 5.41 Å². The summed E-state index contributed by atoms with van der Waals surface area (Å²) in [6, 6.07) is 6.29. The fourth-order valence-electron chi connectivity index (χ4n) is 5.68. The van der Waals surface area contributed by atoms with Gasteiger partial charge in [0.25, 0.3) is 0 Å². The summed E-state index contributed by atoms with van der Waals surface area (Å²) in [6.07, 6.45) is 6.01.